The zero-order chi connectivity index (χ0) is 24.2. The number of benzene rings is 2. The van der Waals surface area contributed by atoms with Crippen molar-refractivity contribution in [2.24, 2.45) is 0 Å². The maximum atomic E-state index is 12.0. The van der Waals surface area contributed by atoms with Gasteiger partial charge < -0.3 is 4.90 Å². The molecule has 2 amide bonds. The monoisotopic (exact) mass is 487 g/mol. The van der Waals surface area contributed by atoms with E-state index in [9.17, 15) is 9.59 Å². The summed E-state index contributed by atoms with van der Waals surface area (Å²) in [5.41, 5.74) is 4.85. The topological polar surface area (TPSA) is 78.4 Å². The van der Waals surface area contributed by atoms with Gasteiger partial charge in [0.1, 0.15) is 6.33 Å². The zero-order valence-electron chi connectivity index (χ0n) is 19.9. The fraction of sp³-hybridized carbons (Fsp3) is 0.333. The van der Waals surface area contributed by atoms with Crippen LogP contribution in [0.25, 0.3) is 28.2 Å². The molecule has 3 aromatic rings. The van der Waals surface area contributed by atoms with E-state index in [4.69, 9.17) is 0 Å². The second kappa shape index (κ2) is 10.7. The minimum atomic E-state index is -0.358. The van der Waals surface area contributed by atoms with Crippen LogP contribution in [-0.2, 0) is 11.3 Å². The minimum Gasteiger partial charge on any atom is -0.301 e. The number of hydrogen-bond donors (Lipinski definition) is 1. The minimum absolute atomic E-state index is 0.342. The second-order valence-electron chi connectivity index (χ2n) is 9.02. The lowest BCUT2D eigenvalue weighted by atomic mass is 10.0. The summed E-state index contributed by atoms with van der Waals surface area (Å²) in [4.78, 5) is 38.0. The maximum Gasteiger partial charge on any atom is 0.290 e. The van der Waals surface area contributed by atoms with Crippen LogP contribution >= 0.6 is 11.8 Å². The average Bonchev–Trinajstić information content (AvgIpc) is 3.19. The number of fused-ring (bicyclic) bond motifs is 1. The van der Waals surface area contributed by atoms with Crippen LogP contribution in [0.3, 0.4) is 0 Å². The number of unbranched alkanes of at least 4 members (excludes halogenated alkanes) is 1. The predicted molar refractivity (Wildman–Crippen MR) is 141 cm³/mol. The van der Waals surface area contributed by atoms with E-state index in [-0.39, 0.29) is 11.1 Å². The van der Waals surface area contributed by atoms with Gasteiger partial charge in [-0.3, -0.25) is 19.8 Å². The molecular formula is C27H29N5O2S. The Morgan fingerprint density at radius 2 is 1.86 bits per heavy atom. The van der Waals surface area contributed by atoms with Gasteiger partial charge in [-0.1, -0.05) is 37.6 Å². The van der Waals surface area contributed by atoms with Gasteiger partial charge in [-0.2, -0.15) is 0 Å². The molecule has 0 unspecified atom stereocenters. The summed E-state index contributed by atoms with van der Waals surface area (Å²) in [6.45, 7) is 8.84. The predicted octanol–water partition coefficient (Wildman–Crippen LogP) is 4.54. The number of nitrogens with zero attached hydrogens (tertiary/aromatic N) is 4. The first kappa shape index (κ1) is 23.7. The van der Waals surface area contributed by atoms with Crippen LogP contribution in [0.2, 0.25) is 0 Å². The number of carbonyl (C=O) groups excluding carboxylic acids is 2. The number of aromatic nitrogens is 2. The number of amides is 2. The Hall–Kier alpha value is -3.07. The summed E-state index contributed by atoms with van der Waals surface area (Å²) in [6, 6.07) is 14.4. The van der Waals surface area contributed by atoms with Crippen LogP contribution in [-0.4, -0.2) is 63.6 Å². The highest BCUT2D eigenvalue weighted by Crippen LogP contribution is 2.30. The normalized spacial score (nSPS) is 18.5. The molecule has 3 heterocycles. The van der Waals surface area contributed by atoms with Crippen LogP contribution in [0.15, 0.2) is 53.7 Å². The lowest BCUT2D eigenvalue weighted by Crippen LogP contribution is -2.46. The third kappa shape index (κ3) is 5.61. The van der Waals surface area contributed by atoms with Crippen LogP contribution in [0.5, 0.6) is 0 Å². The molecule has 2 aliphatic rings. The van der Waals surface area contributed by atoms with Crippen molar-refractivity contribution in [1.29, 1.82) is 0 Å². The summed E-state index contributed by atoms with van der Waals surface area (Å²) < 4.78 is 0. The molecule has 2 aliphatic heterocycles. The number of hydrogen-bond acceptors (Lipinski definition) is 7. The Morgan fingerprint density at radius 1 is 1.03 bits per heavy atom. The van der Waals surface area contributed by atoms with E-state index in [2.05, 4.69) is 56.3 Å². The van der Waals surface area contributed by atoms with Gasteiger partial charge in [0.25, 0.3) is 11.1 Å². The molecule has 180 valence electrons. The van der Waals surface area contributed by atoms with Gasteiger partial charge in [0, 0.05) is 43.7 Å². The summed E-state index contributed by atoms with van der Waals surface area (Å²) in [5, 5.41) is 2.87. The summed E-state index contributed by atoms with van der Waals surface area (Å²) in [6.07, 6.45) is 5.85. The summed E-state index contributed by atoms with van der Waals surface area (Å²) in [5.74, 6) is -0.358. The highest BCUT2D eigenvalue weighted by molar-refractivity contribution is 8.18. The summed E-state index contributed by atoms with van der Waals surface area (Å²) >= 11 is 0.919. The third-order valence-corrected chi connectivity index (χ3v) is 7.31. The SMILES string of the molecule is CCCCN1CCN(Cc2cccc(-c3ncnc4ccc(C=C5SC(=O)NC5=O)cc34)c2)CC1. The van der Waals surface area contributed by atoms with Gasteiger partial charge in [-0.15, -0.1) is 0 Å². The van der Waals surface area contributed by atoms with Crippen molar-refractivity contribution in [3.63, 3.8) is 0 Å². The molecule has 0 spiro atoms. The maximum absolute atomic E-state index is 12.0. The lowest BCUT2D eigenvalue weighted by Gasteiger charge is -2.34. The molecule has 1 N–H and O–H groups in total. The summed E-state index contributed by atoms with van der Waals surface area (Å²) in [7, 11) is 0. The van der Waals surface area contributed by atoms with Crippen molar-refractivity contribution in [3.8, 4) is 11.3 Å². The number of rotatable bonds is 7. The Kier molecular flexibility index (Phi) is 7.22. The Balaban J connectivity index is 1.37. The van der Waals surface area contributed by atoms with E-state index in [1.54, 1.807) is 12.4 Å². The zero-order valence-corrected chi connectivity index (χ0v) is 20.7. The standard InChI is InChI=1S/C27H29N5O2S/c1-2-3-9-31-10-12-32(13-11-31)17-20-5-4-6-21(14-20)25-22-15-19(7-8-23(22)28-18-29-25)16-24-26(33)30-27(34)35-24/h4-8,14-16,18H,2-3,9-13,17H2,1H3,(H,30,33,34). The Bertz CT molecular complexity index is 1280. The van der Waals surface area contributed by atoms with Gasteiger partial charge in [-0.05, 0) is 60.1 Å². The molecular weight excluding hydrogens is 458 g/mol. The molecule has 0 bridgehead atoms. The molecule has 2 fully saturated rings. The molecule has 8 heteroatoms. The molecule has 0 aliphatic carbocycles. The largest absolute Gasteiger partial charge is 0.301 e. The number of imide groups is 1. The first-order chi connectivity index (χ1) is 17.1. The van der Waals surface area contributed by atoms with Gasteiger partial charge in [0.15, 0.2) is 0 Å². The number of piperazine rings is 1. The molecule has 1 aromatic heterocycles. The Labute approximate surface area is 209 Å². The molecule has 0 atom stereocenters. The van der Waals surface area contributed by atoms with Crippen molar-refractivity contribution in [2.45, 2.75) is 26.3 Å². The third-order valence-electron chi connectivity index (χ3n) is 6.50. The average molecular weight is 488 g/mol. The molecule has 0 saturated carbocycles. The van der Waals surface area contributed by atoms with Gasteiger partial charge in [-0.25, -0.2) is 9.97 Å². The molecule has 2 saturated heterocycles. The quantitative estimate of drug-likeness (QED) is 0.490. The van der Waals surface area contributed by atoms with Crippen molar-refractivity contribution in [2.75, 3.05) is 32.7 Å². The Morgan fingerprint density at radius 3 is 2.63 bits per heavy atom. The first-order valence-electron chi connectivity index (χ1n) is 12.1. The van der Waals surface area contributed by atoms with Crippen molar-refractivity contribution in [1.82, 2.24) is 25.1 Å². The smallest absolute Gasteiger partial charge is 0.290 e. The van der Waals surface area contributed by atoms with E-state index < -0.39 is 0 Å². The number of carbonyl (C=O) groups is 2. The van der Waals surface area contributed by atoms with E-state index in [0.29, 0.717) is 4.91 Å². The van der Waals surface area contributed by atoms with Crippen molar-refractivity contribution >= 4 is 39.9 Å². The van der Waals surface area contributed by atoms with Crippen LogP contribution < -0.4 is 5.32 Å². The van der Waals surface area contributed by atoms with E-state index in [1.165, 1.54) is 24.9 Å². The van der Waals surface area contributed by atoms with Gasteiger partial charge >= 0.3 is 0 Å². The fourth-order valence-electron chi connectivity index (χ4n) is 4.59. The lowest BCUT2D eigenvalue weighted by molar-refractivity contribution is -0.115. The van der Waals surface area contributed by atoms with E-state index in [1.807, 2.05) is 18.2 Å². The van der Waals surface area contributed by atoms with Crippen molar-refractivity contribution in [3.05, 3.63) is 64.8 Å². The second-order valence-corrected chi connectivity index (χ2v) is 10.0. The molecule has 2 aromatic carbocycles. The highest BCUT2D eigenvalue weighted by Gasteiger charge is 2.25. The first-order valence-corrected chi connectivity index (χ1v) is 12.9. The molecule has 7 nitrogen and oxygen atoms in total. The fourth-order valence-corrected chi connectivity index (χ4v) is 5.28. The number of nitrogens with one attached hydrogen (secondary N) is 1. The molecule has 0 radical (unpaired) electrons. The van der Waals surface area contributed by atoms with E-state index >= 15 is 0 Å². The van der Waals surface area contributed by atoms with Crippen LogP contribution in [0.1, 0.15) is 30.9 Å². The molecule has 35 heavy (non-hydrogen) atoms. The van der Waals surface area contributed by atoms with Crippen LogP contribution in [0.4, 0.5) is 4.79 Å². The van der Waals surface area contributed by atoms with Crippen LogP contribution in [0, 0.1) is 0 Å². The van der Waals surface area contributed by atoms with Gasteiger partial charge in [0.2, 0.25) is 0 Å². The van der Waals surface area contributed by atoms with Gasteiger partial charge in [0.05, 0.1) is 16.1 Å². The molecule has 5 rings (SSSR count). The van der Waals surface area contributed by atoms with Crippen molar-refractivity contribution < 1.29 is 9.59 Å². The number of thioether (sulfide) groups is 1. The highest BCUT2D eigenvalue weighted by atomic mass is 32.2. The van der Waals surface area contributed by atoms with E-state index in [0.717, 1.165) is 72.2 Å².